The third-order valence-electron chi connectivity index (χ3n) is 4.04. The number of benzene rings is 1. The van der Waals surface area contributed by atoms with Crippen LogP contribution in [0.1, 0.15) is 24.5 Å². The minimum Gasteiger partial charge on any atom is -0.343 e. The summed E-state index contributed by atoms with van der Waals surface area (Å²) in [5.74, 6) is -0.554. The monoisotopic (exact) mass is 332 g/mol. The maximum atomic E-state index is 13.4. The van der Waals surface area contributed by atoms with Crippen molar-refractivity contribution >= 4 is 5.91 Å². The Labute approximate surface area is 132 Å². The summed E-state index contributed by atoms with van der Waals surface area (Å²) in [6.07, 6.45) is -3.68. The van der Waals surface area contributed by atoms with E-state index in [-0.39, 0.29) is 12.5 Å². The van der Waals surface area contributed by atoms with Crippen LogP contribution < -0.4 is 0 Å². The summed E-state index contributed by atoms with van der Waals surface area (Å²) in [6, 6.07) is 2.61. The summed E-state index contributed by atoms with van der Waals surface area (Å²) >= 11 is 0. The molecule has 1 aliphatic heterocycles. The maximum absolute atomic E-state index is 13.4. The van der Waals surface area contributed by atoms with E-state index in [0.717, 1.165) is 18.6 Å². The third-order valence-corrected chi connectivity index (χ3v) is 4.04. The van der Waals surface area contributed by atoms with Gasteiger partial charge in [-0.15, -0.1) is 0 Å². The van der Waals surface area contributed by atoms with Gasteiger partial charge in [0.05, 0.1) is 5.56 Å². The summed E-state index contributed by atoms with van der Waals surface area (Å²) in [7, 11) is 1.79. The standard InChI is InChI=1S/C16H20F4N2O/c1-11(23)22-4-3-12(10-22)8-21(2)9-13-5-14(16(18,19)20)7-15(17)6-13/h5-7,12H,3-4,8-10H2,1-2H3/t12-/m1/s1. The first-order valence-electron chi connectivity index (χ1n) is 7.46. The van der Waals surface area contributed by atoms with Gasteiger partial charge in [0.15, 0.2) is 0 Å². The Morgan fingerprint density at radius 3 is 2.61 bits per heavy atom. The molecule has 1 aromatic carbocycles. The minimum atomic E-state index is -4.55. The number of halogens is 4. The summed E-state index contributed by atoms with van der Waals surface area (Å²) in [5.41, 5.74) is -0.675. The highest BCUT2D eigenvalue weighted by Crippen LogP contribution is 2.30. The van der Waals surface area contributed by atoms with Gasteiger partial charge in [-0.05, 0) is 43.1 Å². The van der Waals surface area contributed by atoms with Gasteiger partial charge in [0.1, 0.15) is 5.82 Å². The molecule has 23 heavy (non-hydrogen) atoms. The molecule has 1 heterocycles. The number of amides is 1. The van der Waals surface area contributed by atoms with E-state index in [1.165, 1.54) is 6.92 Å². The first-order chi connectivity index (χ1) is 10.6. The third kappa shape index (κ3) is 4.92. The predicted molar refractivity (Wildman–Crippen MR) is 78.1 cm³/mol. The van der Waals surface area contributed by atoms with Gasteiger partial charge < -0.3 is 9.80 Å². The van der Waals surface area contributed by atoms with Gasteiger partial charge in [-0.3, -0.25) is 4.79 Å². The number of nitrogens with zero attached hydrogens (tertiary/aromatic N) is 2. The molecule has 1 atom stereocenters. The fourth-order valence-electron chi connectivity index (χ4n) is 2.99. The largest absolute Gasteiger partial charge is 0.416 e. The SMILES string of the molecule is CC(=O)N1CC[C@H](CN(C)Cc2cc(F)cc(C(F)(F)F)c2)C1. The number of carbonyl (C=O) groups excluding carboxylic acids is 1. The highest BCUT2D eigenvalue weighted by molar-refractivity contribution is 5.73. The van der Waals surface area contributed by atoms with Crippen LogP contribution in [0.3, 0.4) is 0 Å². The molecule has 1 amide bonds. The molecular weight excluding hydrogens is 312 g/mol. The lowest BCUT2D eigenvalue weighted by molar-refractivity contribution is -0.137. The van der Waals surface area contributed by atoms with E-state index in [1.54, 1.807) is 11.9 Å². The van der Waals surface area contributed by atoms with Crippen LogP contribution in [0.2, 0.25) is 0 Å². The fraction of sp³-hybridized carbons (Fsp3) is 0.562. The molecule has 0 aromatic heterocycles. The van der Waals surface area contributed by atoms with Crippen LogP contribution in [0.15, 0.2) is 18.2 Å². The minimum absolute atomic E-state index is 0.0371. The van der Waals surface area contributed by atoms with Crippen molar-refractivity contribution in [2.45, 2.75) is 26.1 Å². The molecule has 2 rings (SSSR count). The summed E-state index contributed by atoms with van der Waals surface area (Å²) in [4.78, 5) is 14.9. The Hall–Kier alpha value is -1.63. The van der Waals surface area contributed by atoms with E-state index in [0.29, 0.717) is 37.2 Å². The highest BCUT2D eigenvalue weighted by atomic mass is 19.4. The molecule has 0 unspecified atom stereocenters. The Morgan fingerprint density at radius 2 is 2.04 bits per heavy atom. The molecule has 7 heteroatoms. The number of hydrogen-bond donors (Lipinski definition) is 0. The first-order valence-corrected chi connectivity index (χ1v) is 7.46. The lowest BCUT2D eigenvalue weighted by Gasteiger charge is -2.22. The predicted octanol–water partition coefficient (Wildman–Crippen LogP) is 3.14. The van der Waals surface area contributed by atoms with Crippen LogP contribution in [-0.4, -0.2) is 42.4 Å². The van der Waals surface area contributed by atoms with Crippen molar-refractivity contribution in [3.63, 3.8) is 0 Å². The molecule has 0 bridgehead atoms. The molecule has 0 aliphatic carbocycles. The van der Waals surface area contributed by atoms with E-state index in [4.69, 9.17) is 0 Å². The van der Waals surface area contributed by atoms with Gasteiger partial charge in [0.25, 0.3) is 0 Å². The molecule has 1 saturated heterocycles. The number of likely N-dealkylation sites (tertiary alicyclic amines) is 1. The lowest BCUT2D eigenvalue weighted by Crippen LogP contribution is -2.30. The second kappa shape index (κ2) is 6.86. The van der Waals surface area contributed by atoms with Gasteiger partial charge in [0, 0.05) is 33.1 Å². The van der Waals surface area contributed by atoms with Gasteiger partial charge in [-0.25, -0.2) is 4.39 Å². The van der Waals surface area contributed by atoms with Crippen molar-refractivity contribution in [1.82, 2.24) is 9.80 Å². The smallest absolute Gasteiger partial charge is 0.343 e. The second-order valence-electron chi connectivity index (χ2n) is 6.16. The van der Waals surface area contributed by atoms with E-state index in [1.807, 2.05) is 4.90 Å². The van der Waals surface area contributed by atoms with Gasteiger partial charge in [-0.2, -0.15) is 13.2 Å². The number of hydrogen-bond acceptors (Lipinski definition) is 2. The van der Waals surface area contributed by atoms with E-state index in [2.05, 4.69) is 0 Å². The van der Waals surface area contributed by atoms with Crippen molar-refractivity contribution in [1.29, 1.82) is 0 Å². The average Bonchev–Trinajstić information content (AvgIpc) is 2.85. The fourth-order valence-corrected chi connectivity index (χ4v) is 2.99. The van der Waals surface area contributed by atoms with Crippen LogP contribution in [0.5, 0.6) is 0 Å². The van der Waals surface area contributed by atoms with Gasteiger partial charge in [-0.1, -0.05) is 0 Å². The van der Waals surface area contributed by atoms with Crippen LogP contribution in [0.4, 0.5) is 17.6 Å². The van der Waals surface area contributed by atoms with Gasteiger partial charge >= 0.3 is 6.18 Å². The summed E-state index contributed by atoms with van der Waals surface area (Å²) in [6.45, 7) is 3.79. The van der Waals surface area contributed by atoms with Crippen LogP contribution in [-0.2, 0) is 17.5 Å². The molecule has 1 fully saturated rings. The number of rotatable bonds is 4. The Morgan fingerprint density at radius 1 is 1.35 bits per heavy atom. The van der Waals surface area contributed by atoms with Crippen LogP contribution in [0.25, 0.3) is 0 Å². The lowest BCUT2D eigenvalue weighted by atomic mass is 10.1. The van der Waals surface area contributed by atoms with E-state index < -0.39 is 17.6 Å². The first kappa shape index (κ1) is 17.7. The second-order valence-corrected chi connectivity index (χ2v) is 6.16. The summed E-state index contributed by atoms with van der Waals surface area (Å²) in [5, 5.41) is 0. The molecule has 1 aliphatic rings. The highest BCUT2D eigenvalue weighted by Gasteiger charge is 2.31. The van der Waals surface area contributed by atoms with Crippen molar-refractivity contribution in [2.75, 3.05) is 26.7 Å². The normalized spacial score (nSPS) is 18.7. The molecule has 0 radical (unpaired) electrons. The Balaban J connectivity index is 1.97. The Kier molecular flexibility index (Phi) is 5.29. The Bertz CT molecular complexity index is 574. The molecule has 3 nitrogen and oxygen atoms in total. The summed E-state index contributed by atoms with van der Waals surface area (Å²) < 4.78 is 51.5. The zero-order chi connectivity index (χ0) is 17.2. The van der Waals surface area contributed by atoms with Crippen LogP contribution >= 0.6 is 0 Å². The molecular formula is C16H20F4N2O. The van der Waals surface area contributed by atoms with Crippen LogP contribution in [0, 0.1) is 11.7 Å². The van der Waals surface area contributed by atoms with Crippen molar-refractivity contribution in [3.05, 3.63) is 35.1 Å². The average molecular weight is 332 g/mol. The molecule has 0 N–H and O–H groups in total. The zero-order valence-corrected chi connectivity index (χ0v) is 13.2. The molecule has 1 aromatic rings. The van der Waals surface area contributed by atoms with Crippen molar-refractivity contribution in [2.24, 2.45) is 5.92 Å². The maximum Gasteiger partial charge on any atom is 0.416 e. The van der Waals surface area contributed by atoms with E-state index in [9.17, 15) is 22.4 Å². The van der Waals surface area contributed by atoms with Gasteiger partial charge in [0.2, 0.25) is 5.91 Å². The molecule has 128 valence electrons. The molecule has 0 spiro atoms. The van der Waals surface area contributed by atoms with Crippen molar-refractivity contribution in [3.8, 4) is 0 Å². The van der Waals surface area contributed by atoms with Crippen molar-refractivity contribution < 1.29 is 22.4 Å². The zero-order valence-electron chi connectivity index (χ0n) is 13.2. The number of alkyl halides is 3. The van der Waals surface area contributed by atoms with E-state index >= 15 is 0 Å². The number of carbonyl (C=O) groups is 1. The molecule has 0 saturated carbocycles. The quantitative estimate of drug-likeness (QED) is 0.791. The topological polar surface area (TPSA) is 23.6 Å².